The summed E-state index contributed by atoms with van der Waals surface area (Å²) < 4.78 is 22.2. The van der Waals surface area contributed by atoms with Crippen LogP contribution < -0.4 is 5.32 Å². The Bertz CT molecular complexity index is 313. The summed E-state index contributed by atoms with van der Waals surface area (Å²) in [7, 11) is -3.34. The number of carbonyl (C=O) groups is 1. The first-order valence-electron chi connectivity index (χ1n) is 4.75. The van der Waals surface area contributed by atoms with Gasteiger partial charge in [-0.3, -0.25) is 4.79 Å². The van der Waals surface area contributed by atoms with Crippen LogP contribution in [0.1, 0.15) is 20.8 Å². The monoisotopic (exact) mass is 255 g/mol. The molecule has 0 fully saturated rings. The van der Waals surface area contributed by atoms with Crippen molar-refractivity contribution in [1.82, 2.24) is 5.32 Å². The number of carbonyl (C=O) groups excluding carboxylic acids is 1. The van der Waals surface area contributed by atoms with E-state index in [1.165, 1.54) is 6.92 Å². The predicted molar refractivity (Wildman–Crippen MR) is 61.8 cm³/mol. The lowest BCUT2D eigenvalue weighted by atomic mass is 10.1. The molecule has 0 bridgehead atoms. The zero-order valence-corrected chi connectivity index (χ0v) is 11.0. The minimum absolute atomic E-state index is 0.179. The van der Waals surface area contributed by atoms with Gasteiger partial charge in [-0.1, -0.05) is 13.8 Å². The van der Waals surface area contributed by atoms with E-state index in [0.717, 1.165) is 6.26 Å². The predicted octanol–water partition coefficient (Wildman–Crippen LogP) is 0.799. The maximum atomic E-state index is 11.5. The van der Waals surface area contributed by atoms with Gasteiger partial charge in [0, 0.05) is 18.2 Å². The molecular formula is C9H18ClNO3S. The van der Waals surface area contributed by atoms with Crippen LogP contribution in [0.25, 0.3) is 0 Å². The molecule has 90 valence electrons. The molecule has 0 saturated heterocycles. The lowest BCUT2D eigenvalue weighted by Gasteiger charge is -2.21. The van der Waals surface area contributed by atoms with Gasteiger partial charge >= 0.3 is 0 Å². The second-order valence-corrected chi connectivity index (χ2v) is 6.66. The second-order valence-electron chi connectivity index (χ2n) is 3.99. The third-order valence-electron chi connectivity index (χ3n) is 2.31. The van der Waals surface area contributed by atoms with Crippen molar-refractivity contribution in [3.8, 4) is 0 Å². The molecule has 0 heterocycles. The van der Waals surface area contributed by atoms with Gasteiger partial charge in [0.05, 0.1) is 0 Å². The van der Waals surface area contributed by atoms with E-state index in [4.69, 9.17) is 11.6 Å². The van der Waals surface area contributed by atoms with E-state index in [-0.39, 0.29) is 17.8 Å². The molecule has 0 saturated carbocycles. The first kappa shape index (κ1) is 14.7. The van der Waals surface area contributed by atoms with Crippen LogP contribution in [0, 0.1) is 5.92 Å². The lowest BCUT2D eigenvalue weighted by Crippen LogP contribution is -2.46. The van der Waals surface area contributed by atoms with E-state index in [1.54, 1.807) is 0 Å². The smallest absolute Gasteiger partial charge is 0.238 e. The van der Waals surface area contributed by atoms with E-state index in [9.17, 15) is 13.2 Å². The fourth-order valence-corrected chi connectivity index (χ4v) is 1.77. The first-order chi connectivity index (χ1) is 6.70. The summed E-state index contributed by atoms with van der Waals surface area (Å²) in [6.07, 6.45) is 1.04. The van der Waals surface area contributed by atoms with Crippen molar-refractivity contribution in [2.45, 2.75) is 32.1 Å². The van der Waals surface area contributed by atoms with Gasteiger partial charge in [0.1, 0.15) is 5.25 Å². The standard InChI is InChI=1S/C9H18ClNO3S/c1-6(2)8(5-10)11-9(12)7(3)15(4,13)14/h6-8H,5H2,1-4H3,(H,11,12). The molecule has 2 unspecified atom stereocenters. The largest absolute Gasteiger partial charge is 0.351 e. The van der Waals surface area contributed by atoms with Crippen LogP contribution in [0.3, 0.4) is 0 Å². The molecule has 0 aromatic rings. The van der Waals surface area contributed by atoms with Gasteiger partial charge in [-0.15, -0.1) is 11.6 Å². The molecule has 0 spiro atoms. The third kappa shape index (κ3) is 4.84. The molecular weight excluding hydrogens is 238 g/mol. The topological polar surface area (TPSA) is 63.2 Å². The molecule has 0 aliphatic heterocycles. The number of nitrogens with one attached hydrogen (secondary N) is 1. The molecule has 0 rings (SSSR count). The van der Waals surface area contributed by atoms with E-state index in [0.29, 0.717) is 0 Å². The lowest BCUT2D eigenvalue weighted by molar-refractivity contribution is -0.121. The average Bonchev–Trinajstić information content (AvgIpc) is 2.10. The number of hydrogen-bond donors (Lipinski definition) is 1. The summed E-state index contributed by atoms with van der Waals surface area (Å²) in [4.78, 5) is 11.5. The minimum Gasteiger partial charge on any atom is -0.351 e. The van der Waals surface area contributed by atoms with Crippen molar-refractivity contribution in [3.05, 3.63) is 0 Å². The number of hydrogen-bond acceptors (Lipinski definition) is 3. The Kier molecular flexibility index (Phi) is 5.59. The Morgan fingerprint density at radius 2 is 1.80 bits per heavy atom. The second kappa shape index (κ2) is 5.70. The van der Waals surface area contributed by atoms with Gasteiger partial charge in [-0.25, -0.2) is 8.42 Å². The van der Waals surface area contributed by atoms with E-state index >= 15 is 0 Å². The van der Waals surface area contributed by atoms with Crippen LogP contribution in [-0.2, 0) is 14.6 Å². The zero-order valence-electron chi connectivity index (χ0n) is 9.45. The highest BCUT2D eigenvalue weighted by atomic mass is 35.5. The average molecular weight is 256 g/mol. The summed E-state index contributed by atoms with van der Waals surface area (Å²) in [5.74, 6) is -0.0325. The van der Waals surface area contributed by atoms with Gasteiger partial charge in [0.15, 0.2) is 9.84 Å². The molecule has 2 atom stereocenters. The van der Waals surface area contributed by atoms with Gasteiger partial charge in [0.2, 0.25) is 5.91 Å². The number of rotatable bonds is 5. The first-order valence-corrected chi connectivity index (χ1v) is 7.24. The molecule has 0 radical (unpaired) electrons. The molecule has 0 aliphatic carbocycles. The molecule has 1 N–H and O–H groups in total. The highest BCUT2D eigenvalue weighted by Crippen LogP contribution is 2.05. The number of halogens is 1. The van der Waals surface area contributed by atoms with E-state index < -0.39 is 21.0 Å². The Labute approximate surface area is 96.3 Å². The quantitative estimate of drug-likeness (QED) is 0.739. The van der Waals surface area contributed by atoms with Crippen molar-refractivity contribution in [3.63, 3.8) is 0 Å². The number of amides is 1. The Hall–Kier alpha value is -0.290. The molecule has 4 nitrogen and oxygen atoms in total. The van der Waals surface area contributed by atoms with Crippen LogP contribution in [0.2, 0.25) is 0 Å². The minimum atomic E-state index is -3.34. The summed E-state index contributed by atoms with van der Waals surface area (Å²) in [5.41, 5.74) is 0. The van der Waals surface area contributed by atoms with Gasteiger partial charge in [-0.05, 0) is 12.8 Å². The fraction of sp³-hybridized carbons (Fsp3) is 0.889. The molecule has 0 aromatic heterocycles. The summed E-state index contributed by atoms with van der Waals surface area (Å²) >= 11 is 5.66. The Balaban J connectivity index is 4.49. The molecule has 6 heteroatoms. The Morgan fingerprint density at radius 1 is 1.33 bits per heavy atom. The van der Waals surface area contributed by atoms with Crippen LogP contribution >= 0.6 is 11.6 Å². The number of sulfone groups is 1. The summed E-state index contributed by atoms with van der Waals surface area (Å²) in [5, 5.41) is 1.60. The van der Waals surface area contributed by atoms with Crippen molar-refractivity contribution in [1.29, 1.82) is 0 Å². The zero-order chi connectivity index (χ0) is 12.2. The van der Waals surface area contributed by atoms with Crippen LogP contribution in [0.15, 0.2) is 0 Å². The van der Waals surface area contributed by atoms with E-state index in [1.807, 2.05) is 13.8 Å². The highest BCUT2D eigenvalue weighted by molar-refractivity contribution is 7.92. The van der Waals surface area contributed by atoms with Crippen LogP contribution in [0.4, 0.5) is 0 Å². The van der Waals surface area contributed by atoms with Crippen molar-refractivity contribution in [2.75, 3.05) is 12.1 Å². The van der Waals surface area contributed by atoms with Gasteiger partial charge in [0.25, 0.3) is 0 Å². The van der Waals surface area contributed by atoms with Crippen LogP contribution in [0.5, 0.6) is 0 Å². The maximum Gasteiger partial charge on any atom is 0.238 e. The highest BCUT2D eigenvalue weighted by Gasteiger charge is 2.26. The van der Waals surface area contributed by atoms with E-state index in [2.05, 4.69) is 5.32 Å². The molecule has 15 heavy (non-hydrogen) atoms. The van der Waals surface area contributed by atoms with Crippen molar-refractivity contribution >= 4 is 27.3 Å². The summed E-state index contributed by atoms with van der Waals surface area (Å²) in [6, 6.07) is -0.191. The normalized spacial score (nSPS) is 16.1. The van der Waals surface area contributed by atoms with Crippen LogP contribution in [-0.4, -0.2) is 37.8 Å². The summed E-state index contributed by atoms with van der Waals surface area (Å²) in [6.45, 7) is 5.20. The number of alkyl halides is 1. The molecule has 0 aromatic carbocycles. The van der Waals surface area contributed by atoms with Crippen molar-refractivity contribution < 1.29 is 13.2 Å². The fourth-order valence-electron chi connectivity index (χ4n) is 0.878. The van der Waals surface area contributed by atoms with Gasteiger partial charge in [-0.2, -0.15) is 0 Å². The molecule has 1 amide bonds. The third-order valence-corrected chi connectivity index (χ3v) is 4.14. The van der Waals surface area contributed by atoms with Gasteiger partial charge < -0.3 is 5.32 Å². The van der Waals surface area contributed by atoms with Crippen molar-refractivity contribution in [2.24, 2.45) is 5.92 Å². The molecule has 0 aliphatic rings. The maximum absolute atomic E-state index is 11.5. The SMILES string of the molecule is CC(C)C(CCl)NC(=O)C(C)S(C)(=O)=O. The Morgan fingerprint density at radius 3 is 2.07 bits per heavy atom.